The van der Waals surface area contributed by atoms with Crippen molar-refractivity contribution in [3.8, 4) is 0 Å². The van der Waals surface area contributed by atoms with E-state index in [1.165, 1.54) is 12.1 Å². The summed E-state index contributed by atoms with van der Waals surface area (Å²) in [6.45, 7) is 3.28. The first kappa shape index (κ1) is 13.7. The van der Waals surface area contributed by atoms with Crippen LogP contribution < -0.4 is 10.6 Å². The third-order valence-electron chi connectivity index (χ3n) is 3.09. The van der Waals surface area contributed by atoms with Gasteiger partial charge in [-0.15, -0.1) is 0 Å². The highest BCUT2D eigenvalue weighted by molar-refractivity contribution is 5.74. The molecule has 19 heavy (non-hydrogen) atoms. The number of nitrogens with zero attached hydrogens (tertiary/aromatic N) is 1. The first-order valence-electron chi connectivity index (χ1n) is 6.34. The Labute approximate surface area is 110 Å². The van der Waals surface area contributed by atoms with Gasteiger partial charge in [-0.2, -0.15) is 0 Å². The minimum atomic E-state index is -0.592. The largest absolute Gasteiger partial charge is 0.338 e. The molecule has 2 rings (SSSR count). The van der Waals surface area contributed by atoms with Crippen LogP contribution in [-0.2, 0) is 6.42 Å². The molecule has 104 valence electrons. The lowest BCUT2D eigenvalue weighted by Crippen LogP contribution is -2.50. The molecule has 6 heteroatoms. The standard InChI is InChI=1S/C13H17F2N3O/c14-11-2-1-10(12(15)9-11)3-4-17-13(19)18-7-5-16-6-8-18/h1-2,9,16H,3-8H2,(H,17,19). The summed E-state index contributed by atoms with van der Waals surface area (Å²) in [5, 5.41) is 5.90. The topological polar surface area (TPSA) is 44.4 Å². The van der Waals surface area contributed by atoms with E-state index in [1.54, 1.807) is 4.90 Å². The molecule has 1 aromatic carbocycles. The fourth-order valence-corrected chi connectivity index (χ4v) is 2.01. The summed E-state index contributed by atoms with van der Waals surface area (Å²) in [4.78, 5) is 13.5. The molecule has 0 aliphatic carbocycles. The second-order valence-electron chi connectivity index (χ2n) is 4.45. The molecule has 0 spiro atoms. The number of amides is 2. The average Bonchev–Trinajstić information content (AvgIpc) is 2.42. The predicted octanol–water partition coefficient (Wildman–Crippen LogP) is 1.12. The molecule has 0 saturated carbocycles. The van der Waals surface area contributed by atoms with Gasteiger partial charge in [0, 0.05) is 38.8 Å². The molecule has 0 aromatic heterocycles. The summed E-state index contributed by atoms with van der Waals surface area (Å²) in [6, 6.07) is 3.34. The van der Waals surface area contributed by atoms with Crippen molar-refractivity contribution in [1.82, 2.24) is 15.5 Å². The van der Waals surface area contributed by atoms with E-state index < -0.39 is 11.6 Å². The molecular weight excluding hydrogens is 252 g/mol. The quantitative estimate of drug-likeness (QED) is 0.863. The molecule has 1 heterocycles. The minimum Gasteiger partial charge on any atom is -0.338 e. The Morgan fingerprint density at radius 3 is 2.74 bits per heavy atom. The molecule has 1 aromatic rings. The van der Waals surface area contributed by atoms with Crippen molar-refractivity contribution in [1.29, 1.82) is 0 Å². The van der Waals surface area contributed by atoms with Crippen LogP contribution in [0.25, 0.3) is 0 Å². The van der Waals surface area contributed by atoms with Gasteiger partial charge in [0.2, 0.25) is 0 Å². The summed E-state index contributed by atoms with van der Waals surface area (Å²) in [5.41, 5.74) is 0.405. The van der Waals surface area contributed by atoms with Crippen LogP contribution in [0.1, 0.15) is 5.56 Å². The van der Waals surface area contributed by atoms with Crippen LogP contribution >= 0.6 is 0 Å². The summed E-state index contributed by atoms with van der Waals surface area (Å²) in [5.74, 6) is -1.16. The number of rotatable bonds is 3. The normalized spacial score (nSPS) is 15.4. The van der Waals surface area contributed by atoms with Gasteiger partial charge >= 0.3 is 6.03 Å². The van der Waals surface area contributed by atoms with Crippen LogP contribution in [0.4, 0.5) is 13.6 Å². The molecule has 4 nitrogen and oxygen atoms in total. The number of benzene rings is 1. The number of carbonyl (C=O) groups is 1. The van der Waals surface area contributed by atoms with Gasteiger partial charge in [0.15, 0.2) is 0 Å². The van der Waals surface area contributed by atoms with Gasteiger partial charge in [-0.25, -0.2) is 13.6 Å². The maximum atomic E-state index is 13.4. The zero-order valence-corrected chi connectivity index (χ0v) is 10.6. The van der Waals surface area contributed by atoms with E-state index in [0.29, 0.717) is 31.6 Å². The van der Waals surface area contributed by atoms with Gasteiger partial charge in [0.1, 0.15) is 11.6 Å². The van der Waals surface area contributed by atoms with Crippen molar-refractivity contribution in [3.05, 3.63) is 35.4 Å². The Morgan fingerprint density at radius 1 is 1.32 bits per heavy atom. The average molecular weight is 269 g/mol. The predicted molar refractivity (Wildman–Crippen MR) is 67.9 cm³/mol. The number of halogens is 2. The fourth-order valence-electron chi connectivity index (χ4n) is 2.01. The monoisotopic (exact) mass is 269 g/mol. The van der Waals surface area contributed by atoms with E-state index in [0.717, 1.165) is 19.2 Å². The van der Waals surface area contributed by atoms with Crippen molar-refractivity contribution in [2.24, 2.45) is 0 Å². The van der Waals surface area contributed by atoms with E-state index in [-0.39, 0.29) is 6.03 Å². The SMILES string of the molecule is O=C(NCCc1ccc(F)cc1F)N1CCNCC1. The summed E-state index contributed by atoms with van der Waals surface area (Å²) >= 11 is 0. The number of urea groups is 1. The van der Waals surface area contributed by atoms with Crippen molar-refractivity contribution < 1.29 is 13.6 Å². The van der Waals surface area contributed by atoms with E-state index in [2.05, 4.69) is 10.6 Å². The maximum Gasteiger partial charge on any atom is 0.317 e. The van der Waals surface area contributed by atoms with E-state index in [4.69, 9.17) is 0 Å². The summed E-state index contributed by atoms with van der Waals surface area (Å²) < 4.78 is 26.1. The first-order chi connectivity index (χ1) is 9.16. The smallest absolute Gasteiger partial charge is 0.317 e. The van der Waals surface area contributed by atoms with Crippen molar-refractivity contribution in [2.75, 3.05) is 32.7 Å². The highest BCUT2D eigenvalue weighted by Gasteiger charge is 2.15. The number of piperazine rings is 1. The second kappa shape index (κ2) is 6.47. The van der Waals surface area contributed by atoms with Crippen LogP contribution in [0.5, 0.6) is 0 Å². The lowest BCUT2D eigenvalue weighted by molar-refractivity contribution is 0.190. The second-order valence-corrected chi connectivity index (χ2v) is 4.45. The Hall–Kier alpha value is -1.69. The molecule has 1 fully saturated rings. The van der Waals surface area contributed by atoms with Gasteiger partial charge in [0.25, 0.3) is 0 Å². The molecule has 2 N–H and O–H groups in total. The van der Waals surface area contributed by atoms with Crippen LogP contribution in [0.2, 0.25) is 0 Å². The van der Waals surface area contributed by atoms with Gasteiger partial charge < -0.3 is 15.5 Å². The number of hydrogen-bond acceptors (Lipinski definition) is 2. The van der Waals surface area contributed by atoms with E-state index in [9.17, 15) is 13.6 Å². The third-order valence-corrected chi connectivity index (χ3v) is 3.09. The molecule has 0 bridgehead atoms. The number of nitrogens with one attached hydrogen (secondary N) is 2. The van der Waals surface area contributed by atoms with Gasteiger partial charge in [-0.1, -0.05) is 6.07 Å². The van der Waals surface area contributed by atoms with Crippen LogP contribution in [0.3, 0.4) is 0 Å². The highest BCUT2D eigenvalue weighted by atomic mass is 19.1. The molecule has 0 atom stereocenters. The van der Waals surface area contributed by atoms with E-state index in [1.807, 2.05) is 0 Å². The van der Waals surface area contributed by atoms with Gasteiger partial charge in [-0.05, 0) is 18.1 Å². The van der Waals surface area contributed by atoms with Crippen molar-refractivity contribution >= 4 is 6.03 Å². The zero-order valence-electron chi connectivity index (χ0n) is 10.6. The molecule has 1 saturated heterocycles. The number of carbonyl (C=O) groups excluding carboxylic acids is 1. The van der Waals surface area contributed by atoms with Crippen molar-refractivity contribution in [2.45, 2.75) is 6.42 Å². The van der Waals surface area contributed by atoms with E-state index >= 15 is 0 Å². The summed E-state index contributed by atoms with van der Waals surface area (Å²) in [6.07, 6.45) is 0.351. The molecule has 0 unspecified atom stereocenters. The Balaban J connectivity index is 1.78. The van der Waals surface area contributed by atoms with Crippen LogP contribution in [0, 0.1) is 11.6 Å². The van der Waals surface area contributed by atoms with Gasteiger partial charge in [-0.3, -0.25) is 0 Å². The maximum absolute atomic E-state index is 13.4. The fraction of sp³-hybridized carbons (Fsp3) is 0.462. The Kier molecular flexibility index (Phi) is 4.68. The highest BCUT2D eigenvalue weighted by Crippen LogP contribution is 2.09. The molecule has 2 amide bonds. The van der Waals surface area contributed by atoms with Crippen molar-refractivity contribution in [3.63, 3.8) is 0 Å². The van der Waals surface area contributed by atoms with Gasteiger partial charge in [0.05, 0.1) is 0 Å². The third kappa shape index (κ3) is 3.89. The summed E-state index contributed by atoms with van der Waals surface area (Å²) in [7, 11) is 0. The Morgan fingerprint density at radius 2 is 2.05 bits per heavy atom. The molecule has 1 aliphatic rings. The number of hydrogen-bond donors (Lipinski definition) is 2. The first-order valence-corrected chi connectivity index (χ1v) is 6.34. The van der Waals surface area contributed by atoms with Crippen LogP contribution in [0.15, 0.2) is 18.2 Å². The molecule has 0 radical (unpaired) electrons. The lowest BCUT2D eigenvalue weighted by Gasteiger charge is -2.27. The Bertz CT molecular complexity index is 448. The zero-order chi connectivity index (χ0) is 13.7. The molecule has 1 aliphatic heterocycles. The lowest BCUT2D eigenvalue weighted by atomic mass is 10.1. The minimum absolute atomic E-state index is 0.135. The molecular formula is C13H17F2N3O. The van der Waals surface area contributed by atoms with Crippen LogP contribution in [-0.4, -0.2) is 43.7 Å².